The van der Waals surface area contributed by atoms with Gasteiger partial charge in [-0.2, -0.15) is 0 Å². The van der Waals surface area contributed by atoms with Gasteiger partial charge in [0.25, 0.3) is 0 Å². The summed E-state index contributed by atoms with van der Waals surface area (Å²) in [5.74, 6) is -1.19. The summed E-state index contributed by atoms with van der Waals surface area (Å²) in [5.41, 5.74) is 0.915. The molecule has 0 aliphatic rings. The van der Waals surface area contributed by atoms with Crippen molar-refractivity contribution in [1.82, 2.24) is 10.2 Å². The van der Waals surface area contributed by atoms with Crippen LogP contribution in [0.15, 0.2) is 72.8 Å². The lowest BCUT2D eigenvalue weighted by atomic mass is 10.0. The van der Waals surface area contributed by atoms with Crippen LogP contribution in [0.25, 0.3) is 0 Å². The molecule has 41 heavy (non-hydrogen) atoms. The minimum atomic E-state index is -4.01. The Morgan fingerprint density at radius 3 is 2.24 bits per heavy atom. The van der Waals surface area contributed by atoms with Crippen molar-refractivity contribution in [3.05, 3.63) is 94.8 Å². The summed E-state index contributed by atoms with van der Waals surface area (Å²) < 4.78 is 45.7. The Hall–Kier alpha value is -3.63. The number of hydrogen-bond donors (Lipinski definition) is 1. The maximum Gasteiger partial charge on any atom is 0.244 e. The smallest absolute Gasteiger partial charge is 0.244 e. The molecule has 3 rings (SSSR count). The highest BCUT2D eigenvalue weighted by Crippen LogP contribution is 2.26. The average molecular weight is 604 g/mol. The molecule has 1 atom stereocenters. The molecule has 2 amide bonds. The SMILES string of the molecule is COc1cccc(CN(C(=O)CN(c2ccc(F)c(Cl)c2)S(C)(=O)=O)C(Cc2ccccc2)C(=O)NC(C)(C)C)c1. The highest BCUT2D eigenvalue weighted by Gasteiger charge is 2.34. The molecule has 220 valence electrons. The molecule has 0 radical (unpaired) electrons. The van der Waals surface area contributed by atoms with Crippen LogP contribution >= 0.6 is 11.6 Å². The molecule has 0 aliphatic heterocycles. The zero-order valence-corrected chi connectivity index (χ0v) is 25.3. The third-order valence-corrected chi connectivity index (χ3v) is 7.56. The number of anilines is 1. The summed E-state index contributed by atoms with van der Waals surface area (Å²) in [6, 6.07) is 18.7. The third-order valence-electron chi connectivity index (χ3n) is 6.13. The number of nitrogens with zero attached hydrogens (tertiary/aromatic N) is 2. The van der Waals surface area contributed by atoms with Crippen LogP contribution in [0.4, 0.5) is 10.1 Å². The number of halogens is 2. The van der Waals surface area contributed by atoms with Crippen molar-refractivity contribution >= 4 is 39.1 Å². The first kappa shape index (κ1) is 31.9. The molecule has 0 bridgehead atoms. The highest BCUT2D eigenvalue weighted by molar-refractivity contribution is 7.92. The first-order chi connectivity index (χ1) is 19.2. The van der Waals surface area contributed by atoms with Crippen molar-refractivity contribution in [2.45, 2.75) is 45.3 Å². The first-order valence-corrected chi connectivity index (χ1v) is 15.1. The minimum absolute atomic E-state index is 0.00707. The molecule has 0 aromatic heterocycles. The highest BCUT2D eigenvalue weighted by atomic mass is 35.5. The van der Waals surface area contributed by atoms with Gasteiger partial charge in [-0.25, -0.2) is 12.8 Å². The van der Waals surface area contributed by atoms with E-state index in [4.69, 9.17) is 16.3 Å². The zero-order chi connectivity index (χ0) is 30.4. The Morgan fingerprint density at radius 2 is 1.66 bits per heavy atom. The summed E-state index contributed by atoms with van der Waals surface area (Å²) in [7, 11) is -2.49. The fourth-order valence-electron chi connectivity index (χ4n) is 4.23. The molecule has 0 saturated heterocycles. The number of carbonyl (C=O) groups excluding carboxylic acids is 2. The Labute approximate surface area is 246 Å². The maximum atomic E-state index is 14.1. The van der Waals surface area contributed by atoms with Crippen molar-refractivity contribution in [2.24, 2.45) is 0 Å². The van der Waals surface area contributed by atoms with Crippen LogP contribution in [0.2, 0.25) is 5.02 Å². The van der Waals surface area contributed by atoms with E-state index in [1.165, 1.54) is 18.1 Å². The Balaban J connectivity index is 2.10. The van der Waals surface area contributed by atoms with Crippen LogP contribution < -0.4 is 14.4 Å². The van der Waals surface area contributed by atoms with E-state index in [1.54, 1.807) is 24.3 Å². The van der Waals surface area contributed by atoms with Gasteiger partial charge in [0, 0.05) is 18.5 Å². The second-order valence-electron chi connectivity index (χ2n) is 10.7. The molecule has 0 spiro atoms. The van der Waals surface area contributed by atoms with E-state index >= 15 is 0 Å². The largest absolute Gasteiger partial charge is 0.497 e. The number of rotatable bonds is 11. The number of benzene rings is 3. The van der Waals surface area contributed by atoms with Crippen LogP contribution in [0.5, 0.6) is 5.75 Å². The van der Waals surface area contributed by atoms with Crippen molar-refractivity contribution < 1.29 is 27.1 Å². The van der Waals surface area contributed by atoms with Gasteiger partial charge in [-0.1, -0.05) is 54.1 Å². The fourth-order valence-corrected chi connectivity index (χ4v) is 5.24. The second kappa shape index (κ2) is 13.4. The Morgan fingerprint density at radius 1 is 1.00 bits per heavy atom. The predicted octanol–water partition coefficient (Wildman–Crippen LogP) is 4.81. The molecule has 3 aromatic rings. The summed E-state index contributed by atoms with van der Waals surface area (Å²) in [6.45, 7) is 4.86. The average Bonchev–Trinajstić information content (AvgIpc) is 2.90. The minimum Gasteiger partial charge on any atom is -0.497 e. The van der Waals surface area contributed by atoms with Crippen LogP contribution in [0, 0.1) is 5.82 Å². The number of sulfonamides is 1. The van der Waals surface area contributed by atoms with Gasteiger partial charge in [-0.15, -0.1) is 0 Å². The van der Waals surface area contributed by atoms with Gasteiger partial charge < -0.3 is 15.0 Å². The molecular weight excluding hydrogens is 569 g/mol. The Kier molecular flexibility index (Phi) is 10.4. The number of ether oxygens (including phenoxy) is 1. The lowest BCUT2D eigenvalue weighted by Crippen LogP contribution is -2.56. The predicted molar refractivity (Wildman–Crippen MR) is 159 cm³/mol. The van der Waals surface area contributed by atoms with Crippen LogP contribution in [0.1, 0.15) is 31.9 Å². The summed E-state index contributed by atoms with van der Waals surface area (Å²) in [5, 5.41) is 2.68. The molecule has 3 aromatic carbocycles. The molecule has 0 fully saturated rings. The van der Waals surface area contributed by atoms with Gasteiger partial charge in [0.15, 0.2) is 0 Å². The number of amides is 2. The normalized spacial score (nSPS) is 12.4. The van der Waals surface area contributed by atoms with Gasteiger partial charge in [0.05, 0.1) is 24.1 Å². The molecule has 0 saturated carbocycles. The lowest BCUT2D eigenvalue weighted by molar-refractivity contribution is -0.140. The number of nitrogens with one attached hydrogen (secondary N) is 1. The van der Waals surface area contributed by atoms with Crippen LogP contribution in [-0.4, -0.2) is 56.6 Å². The molecule has 0 aliphatic carbocycles. The second-order valence-corrected chi connectivity index (χ2v) is 13.0. The molecule has 1 unspecified atom stereocenters. The van der Waals surface area contributed by atoms with Crippen molar-refractivity contribution in [3.8, 4) is 5.75 Å². The summed E-state index contributed by atoms with van der Waals surface area (Å²) in [6.07, 6.45) is 1.12. The van der Waals surface area contributed by atoms with E-state index in [0.29, 0.717) is 11.3 Å². The Bertz CT molecular complexity index is 1480. The van der Waals surface area contributed by atoms with Crippen molar-refractivity contribution in [3.63, 3.8) is 0 Å². The monoisotopic (exact) mass is 603 g/mol. The van der Waals surface area contributed by atoms with Crippen LogP contribution in [-0.2, 0) is 32.6 Å². The quantitative estimate of drug-likeness (QED) is 0.339. The van der Waals surface area contributed by atoms with Crippen molar-refractivity contribution in [2.75, 3.05) is 24.2 Å². The third kappa shape index (κ3) is 9.19. The number of methoxy groups -OCH3 is 1. The standard InChI is InChI=1S/C30H35ClFN3O5S/c1-30(2,3)33-29(37)27(17-21-10-7-6-8-11-21)34(19-22-12-9-13-24(16-22)40-4)28(36)20-35(41(5,38)39)23-14-15-26(32)25(31)18-23/h6-16,18,27H,17,19-20H2,1-5H3,(H,33,37). The number of hydrogen-bond acceptors (Lipinski definition) is 5. The van der Waals surface area contributed by atoms with Gasteiger partial charge in [0.2, 0.25) is 21.8 Å². The number of carbonyl (C=O) groups is 2. The molecule has 0 heterocycles. The van der Waals surface area contributed by atoms with Crippen LogP contribution in [0.3, 0.4) is 0 Å². The first-order valence-electron chi connectivity index (χ1n) is 12.9. The van der Waals surface area contributed by atoms with E-state index in [-0.39, 0.29) is 23.7 Å². The fraction of sp³-hybridized carbons (Fsp3) is 0.333. The maximum absolute atomic E-state index is 14.1. The van der Waals surface area contributed by atoms with Gasteiger partial charge >= 0.3 is 0 Å². The van der Waals surface area contributed by atoms with Gasteiger partial charge in [-0.05, 0) is 62.2 Å². The lowest BCUT2D eigenvalue weighted by Gasteiger charge is -2.35. The van der Waals surface area contributed by atoms with Gasteiger partial charge in [-0.3, -0.25) is 13.9 Å². The van der Waals surface area contributed by atoms with E-state index in [0.717, 1.165) is 28.3 Å². The zero-order valence-electron chi connectivity index (χ0n) is 23.7. The van der Waals surface area contributed by atoms with Gasteiger partial charge in [0.1, 0.15) is 24.2 Å². The summed E-state index contributed by atoms with van der Waals surface area (Å²) >= 11 is 5.93. The van der Waals surface area contributed by atoms with E-state index in [1.807, 2.05) is 51.1 Å². The summed E-state index contributed by atoms with van der Waals surface area (Å²) in [4.78, 5) is 29.2. The molecule has 11 heteroatoms. The van der Waals surface area contributed by atoms with Crippen molar-refractivity contribution in [1.29, 1.82) is 0 Å². The van der Waals surface area contributed by atoms with E-state index in [2.05, 4.69) is 5.32 Å². The van der Waals surface area contributed by atoms with E-state index in [9.17, 15) is 22.4 Å². The molecule has 8 nitrogen and oxygen atoms in total. The molecule has 1 N–H and O–H groups in total. The topological polar surface area (TPSA) is 96.0 Å². The molecular formula is C30H35ClFN3O5S. The van der Waals surface area contributed by atoms with E-state index < -0.39 is 45.8 Å².